The van der Waals surface area contributed by atoms with Crippen molar-refractivity contribution in [2.45, 2.75) is 39.5 Å². The highest BCUT2D eigenvalue weighted by atomic mass is 16.5. The maximum absolute atomic E-state index is 13.9. The molecule has 2 aromatic rings. The van der Waals surface area contributed by atoms with Gasteiger partial charge in [-0.1, -0.05) is 56.3 Å². The summed E-state index contributed by atoms with van der Waals surface area (Å²) in [6, 6.07) is 16.5. The zero-order chi connectivity index (χ0) is 25.9. The van der Waals surface area contributed by atoms with Gasteiger partial charge in [0.15, 0.2) is 0 Å². The second kappa shape index (κ2) is 10.6. The number of fused-ring (bicyclic) bond motifs is 1. The number of hydrogen-bond acceptors (Lipinski definition) is 5. The lowest BCUT2D eigenvalue weighted by Crippen LogP contribution is -2.48. The summed E-state index contributed by atoms with van der Waals surface area (Å²) >= 11 is 0. The normalized spacial score (nSPS) is 20.3. The van der Waals surface area contributed by atoms with Gasteiger partial charge in [-0.2, -0.15) is 0 Å². The van der Waals surface area contributed by atoms with E-state index in [0.717, 1.165) is 10.5 Å². The number of imide groups is 1. The van der Waals surface area contributed by atoms with Gasteiger partial charge in [0.2, 0.25) is 11.8 Å². The Bertz CT molecular complexity index is 1110. The van der Waals surface area contributed by atoms with Crippen LogP contribution in [0.15, 0.2) is 54.6 Å². The Labute approximate surface area is 211 Å². The fourth-order valence-corrected chi connectivity index (χ4v) is 5.80. The van der Waals surface area contributed by atoms with Crippen LogP contribution in [0.2, 0.25) is 0 Å². The summed E-state index contributed by atoms with van der Waals surface area (Å²) in [5, 5.41) is 9.58. The Kier molecular flexibility index (Phi) is 7.54. The van der Waals surface area contributed by atoms with E-state index in [1.807, 2.05) is 44.2 Å². The van der Waals surface area contributed by atoms with E-state index in [9.17, 15) is 24.4 Å². The van der Waals surface area contributed by atoms with Crippen molar-refractivity contribution in [3.63, 3.8) is 0 Å². The number of carbonyl (C=O) groups excluding carboxylic acids is 4. The third-order valence-corrected chi connectivity index (χ3v) is 7.44. The molecule has 2 aliphatic rings. The quantitative estimate of drug-likeness (QED) is 0.301. The highest BCUT2D eigenvalue weighted by Gasteiger charge is 2.54. The van der Waals surface area contributed by atoms with Gasteiger partial charge in [0.25, 0.3) is 11.8 Å². The summed E-state index contributed by atoms with van der Waals surface area (Å²) in [7, 11) is 0. The molecule has 1 unspecified atom stereocenters. The van der Waals surface area contributed by atoms with Gasteiger partial charge in [-0.25, -0.2) is 5.48 Å². The van der Waals surface area contributed by atoms with Crippen molar-refractivity contribution >= 4 is 23.6 Å². The Balaban J connectivity index is 1.55. The van der Waals surface area contributed by atoms with Gasteiger partial charge in [-0.3, -0.25) is 29.3 Å². The van der Waals surface area contributed by atoms with Crippen LogP contribution in [0.1, 0.15) is 59.4 Å². The summed E-state index contributed by atoms with van der Waals surface area (Å²) in [5.41, 5.74) is 2.54. The van der Waals surface area contributed by atoms with Gasteiger partial charge in [-0.05, 0) is 49.3 Å². The van der Waals surface area contributed by atoms with E-state index in [0.29, 0.717) is 43.5 Å². The van der Waals surface area contributed by atoms with Gasteiger partial charge < -0.3 is 4.90 Å². The fraction of sp³-hybridized carbons (Fsp3) is 0.429. The topological polar surface area (TPSA) is 107 Å². The van der Waals surface area contributed by atoms with Crippen molar-refractivity contribution in [1.29, 1.82) is 0 Å². The minimum absolute atomic E-state index is 0.0123. The lowest BCUT2D eigenvalue weighted by atomic mass is 9.67. The molecule has 8 nitrogen and oxygen atoms in total. The zero-order valence-corrected chi connectivity index (χ0v) is 20.8. The molecule has 2 heterocycles. The van der Waals surface area contributed by atoms with E-state index in [4.69, 9.17) is 0 Å². The van der Waals surface area contributed by atoms with Crippen molar-refractivity contribution in [2.75, 3.05) is 19.6 Å². The molecule has 0 aliphatic carbocycles. The van der Waals surface area contributed by atoms with Crippen LogP contribution in [0.5, 0.6) is 0 Å². The van der Waals surface area contributed by atoms with E-state index in [-0.39, 0.29) is 24.8 Å². The predicted octanol–water partition coefficient (Wildman–Crippen LogP) is 3.30. The van der Waals surface area contributed by atoms with Gasteiger partial charge in [0.1, 0.15) is 0 Å². The standard InChI is InChI=1S/C28H33N3O5/c1-19(2)18-28(14-17-30(27(28)35)15-12-20-8-4-3-5-9-20)23(24(32)29-36)13-16-31-25(33)21-10-6-7-11-22(21)26(31)34/h3-11,19,23,36H,12-18H2,1-2H3,(H,29,32)/t23?,28-/m1/s1. The van der Waals surface area contributed by atoms with Crippen LogP contribution in [-0.4, -0.2) is 58.3 Å². The Morgan fingerprint density at radius 3 is 2.17 bits per heavy atom. The number of carbonyl (C=O) groups is 4. The number of hydroxylamine groups is 1. The molecular formula is C28H33N3O5. The molecule has 190 valence electrons. The Morgan fingerprint density at radius 1 is 0.972 bits per heavy atom. The van der Waals surface area contributed by atoms with Crippen molar-refractivity contribution in [1.82, 2.24) is 15.3 Å². The summed E-state index contributed by atoms with van der Waals surface area (Å²) in [6.45, 7) is 5.04. The van der Waals surface area contributed by atoms with Gasteiger partial charge >= 0.3 is 0 Å². The molecule has 0 aromatic heterocycles. The number of rotatable bonds is 10. The minimum atomic E-state index is -1.02. The first-order valence-electron chi connectivity index (χ1n) is 12.5. The van der Waals surface area contributed by atoms with E-state index in [1.54, 1.807) is 34.6 Å². The van der Waals surface area contributed by atoms with Crippen molar-refractivity contribution in [3.8, 4) is 0 Å². The number of amides is 4. The largest absolute Gasteiger partial charge is 0.342 e. The molecule has 2 aliphatic heterocycles. The molecule has 1 saturated heterocycles. The highest BCUT2D eigenvalue weighted by Crippen LogP contribution is 2.46. The van der Waals surface area contributed by atoms with E-state index in [1.165, 1.54) is 0 Å². The van der Waals surface area contributed by atoms with Gasteiger partial charge in [-0.15, -0.1) is 0 Å². The number of nitrogens with zero attached hydrogens (tertiary/aromatic N) is 2. The number of hydrogen-bond donors (Lipinski definition) is 2. The molecule has 0 radical (unpaired) electrons. The van der Waals surface area contributed by atoms with E-state index >= 15 is 0 Å². The molecule has 4 amide bonds. The highest BCUT2D eigenvalue weighted by molar-refractivity contribution is 6.21. The third kappa shape index (κ3) is 4.78. The monoisotopic (exact) mass is 491 g/mol. The first-order chi connectivity index (χ1) is 17.3. The number of benzene rings is 2. The van der Waals surface area contributed by atoms with Crippen LogP contribution in [0.3, 0.4) is 0 Å². The molecule has 2 aromatic carbocycles. The maximum Gasteiger partial charge on any atom is 0.261 e. The Morgan fingerprint density at radius 2 is 1.58 bits per heavy atom. The van der Waals surface area contributed by atoms with Gasteiger partial charge in [0, 0.05) is 19.6 Å². The zero-order valence-electron chi connectivity index (χ0n) is 20.8. The second-order valence-corrected chi connectivity index (χ2v) is 10.2. The van der Waals surface area contributed by atoms with Crippen LogP contribution in [0, 0.1) is 17.3 Å². The smallest absolute Gasteiger partial charge is 0.261 e. The first-order valence-corrected chi connectivity index (χ1v) is 12.5. The summed E-state index contributed by atoms with van der Waals surface area (Å²) in [6.07, 6.45) is 1.73. The van der Waals surface area contributed by atoms with Crippen LogP contribution < -0.4 is 5.48 Å². The summed E-state index contributed by atoms with van der Waals surface area (Å²) in [4.78, 5) is 55.5. The molecule has 36 heavy (non-hydrogen) atoms. The molecule has 0 spiro atoms. The van der Waals surface area contributed by atoms with Crippen molar-refractivity contribution in [3.05, 3.63) is 71.3 Å². The first kappa shape index (κ1) is 25.6. The Hall–Kier alpha value is -3.52. The molecule has 1 fully saturated rings. The SMILES string of the molecule is CC(C)C[C@@]1(C(CCN2C(=O)c3ccccc3C2=O)C(=O)NO)CCN(CCc2ccccc2)C1=O. The number of likely N-dealkylation sites (tertiary alicyclic amines) is 1. The number of nitrogens with one attached hydrogen (secondary N) is 1. The lowest BCUT2D eigenvalue weighted by Gasteiger charge is -2.36. The lowest BCUT2D eigenvalue weighted by molar-refractivity contribution is -0.150. The van der Waals surface area contributed by atoms with Crippen LogP contribution in [-0.2, 0) is 16.0 Å². The molecule has 0 saturated carbocycles. The second-order valence-electron chi connectivity index (χ2n) is 10.2. The van der Waals surface area contributed by atoms with E-state index in [2.05, 4.69) is 0 Å². The minimum Gasteiger partial charge on any atom is -0.342 e. The van der Waals surface area contributed by atoms with Crippen LogP contribution in [0.25, 0.3) is 0 Å². The molecule has 8 heteroatoms. The summed E-state index contributed by atoms with van der Waals surface area (Å²) in [5.74, 6) is -2.34. The average molecular weight is 492 g/mol. The fourth-order valence-electron chi connectivity index (χ4n) is 5.80. The van der Waals surface area contributed by atoms with Crippen LogP contribution >= 0.6 is 0 Å². The molecular weight excluding hydrogens is 458 g/mol. The van der Waals surface area contributed by atoms with Crippen molar-refractivity contribution in [2.24, 2.45) is 17.3 Å². The van der Waals surface area contributed by atoms with Crippen LogP contribution in [0.4, 0.5) is 0 Å². The summed E-state index contributed by atoms with van der Waals surface area (Å²) < 4.78 is 0. The maximum atomic E-state index is 13.9. The van der Waals surface area contributed by atoms with Gasteiger partial charge in [0.05, 0.1) is 22.5 Å². The molecule has 2 N–H and O–H groups in total. The molecule has 4 rings (SSSR count). The third-order valence-electron chi connectivity index (χ3n) is 7.44. The van der Waals surface area contributed by atoms with E-state index < -0.39 is 29.1 Å². The average Bonchev–Trinajstić information content (AvgIpc) is 3.32. The molecule has 0 bridgehead atoms. The predicted molar refractivity (Wildman–Crippen MR) is 133 cm³/mol. The van der Waals surface area contributed by atoms with Crippen molar-refractivity contribution < 1.29 is 24.4 Å². The molecule has 2 atom stereocenters.